The first-order chi connectivity index (χ1) is 4.13. The summed E-state index contributed by atoms with van der Waals surface area (Å²) in [4.78, 5) is -0.351. The molecule has 1 atom stereocenters. The van der Waals surface area contributed by atoms with E-state index in [1.165, 1.54) is 0 Å². The fraction of sp³-hybridized carbons (Fsp3) is 0.429. The zero-order valence-corrected chi connectivity index (χ0v) is 6.71. The first kappa shape index (κ1) is 7.17. The van der Waals surface area contributed by atoms with Crippen molar-refractivity contribution in [2.24, 2.45) is 0 Å². The number of allylic oxidation sites excluding steroid dienone is 4. The summed E-state index contributed by atoms with van der Waals surface area (Å²) < 4.78 is 0. The van der Waals surface area contributed by atoms with E-state index in [4.69, 9.17) is 23.2 Å². The topological polar surface area (TPSA) is 0 Å². The Morgan fingerprint density at radius 1 is 1.67 bits per heavy atom. The molecule has 0 aliphatic heterocycles. The molecule has 1 rings (SSSR count). The molecule has 1 unspecified atom stereocenters. The first-order valence-corrected chi connectivity index (χ1v) is 3.60. The van der Waals surface area contributed by atoms with Crippen LogP contribution < -0.4 is 0 Å². The van der Waals surface area contributed by atoms with Crippen LogP contribution in [0.4, 0.5) is 0 Å². The molecule has 0 N–H and O–H groups in total. The highest BCUT2D eigenvalue weighted by molar-refractivity contribution is 6.39. The van der Waals surface area contributed by atoms with Crippen LogP contribution in [0.15, 0.2) is 23.3 Å². The number of hydrogen-bond donors (Lipinski definition) is 0. The first-order valence-electron chi connectivity index (χ1n) is 2.85. The maximum Gasteiger partial charge on any atom is 0.0807 e. The minimum Gasteiger partial charge on any atom is -0.113 e. The highest BCUT2D eigenvalue weighted by atomic mass is 35.5. The van der Waals surface area contributed by atoms with Gasteiger partial charge in [0, 0.05) is 5.03 Å². The van der Waals surface area contributed by atoms with Gasteiger partial charge in [0.05, 0.1) is 4.87 Å². The van der Waals surface area contributed by atoms with E-state index in [-0.39, 0.29) is 4.87 Å². The lowest BCUT2D eigenvalue weighted by Crippen LogP contribution is -2.16. The molecule has 0 saturated heterocycles. The van der Waals surface area contributed by atoms with Gasteiger partial charge in [-0.15, -0.1) is 11.6 Å². The van der Waals surface area contributed by atoms with E-state index < -0.39 is 0 Å². The fourth-order valence-corrected chi connectivity index (χ4v) is 1.02. The molecule has 0 fully saturated rings. The Balaban J connectivity index is 2.83. The molecular weight excluding hydrogens is 155 g/mol. The van der Waals surface area contributed by atoms with Gasteiger partial charge in [0.15, 0.2) is 0 Å². The third-order valence-corrected chi connectivity index (χ3v) is 2.38. The van der Waals surface area contributed by atoms with E-state index in [1.807, 2.05) is 25.2 Å². The second-order valence-corrected chi connectivity index (χ2v) is 3.59. The molecule has 1 aliphatic rings. The molecule has 0 heterocycles. The quantitative estimate of drug-likeness (QED) is 0.481. The number of hydrogen-bond acceptors (Lipinski definition) is 0. The van der Waals surface area contributed by atoms with E-state index in [0.717, 1.165) is 11.5 Å². The Hall–Kier alpha value is 0.0600. The van der Waals surface area contributed by atoms with Crippen molar-refractivity contribution >= 4 is 23.2 Å². The van der Waals surface area contributed by atoms with Crippen molar-refractivity contribution in [3.63, 3.8) is 0 Å². The highest BCUT2D eigenvalue weighted by Crippen LogP contribution is 2.33. The van der Waals surface area contributed by atoms with Crippen molar-refractivity contribution in [3.05, 3.63) is 23.3 Å². The molecule has 2 heteroatoms. The van der Waals surface area contributed by atoms with E-state index in [1.54, 1.807) is 0 Å². The van der Waals surface area contributed by atoms with E-state index in [0.29, 0.717) is 0 Å². The average Bonchev–Trinajstić information content (AvgIpc) is 1.77. The fourth-order valence-electron chi connectivity index (χ4n) is 0.713. The van der Waals surface area contributed by atoms with Gasteiger partial charge in [0.1, 0.15) is 0 Å². The van der Waals surface area contributed by atoms with Gasteiger partial charge in [0.2, 0.25) is 0 Å². The molecule has 0 aromatic carbocycles. The molecule has 9 heavy (non-hydrogen) atoms. The second kappa shape index (κ2) is 2.36. The lowest BCUT2D eigenvalue weighted by Gasteiger charge is -2.21. The van der Waals surface area contributed by atoms with Crippen LogP contribution in [-0.2, 0) is 0 Å². The predicted octanol–water partition coefficient (Wildman–Crippen LogP) is 3.07. The molecule has 0 bridgehead atoms. The van der Waals surface area contributed by atoms with E-state index >= 15 is 0 Å². The van der Waals surface area contributed by atoms with Gasteiger partial charge in [-0.1, -0.05) is 23.8 Å². The summed E-state index contributed by atoms with van der Waals surface area (Å²) in [5, 5.41) is 0.728. The highest BCUT2D eigenvalue weighted by Gasteiger charge is 2.24. The number of rotatable bonds is 0. The summed E-state index contributed by atoms with van der Waals surface area (Å²) in [6, 6.07) is 0. The lowest BCUT2D eigenvalue weighted by molar-refractivity contribution is 0.768. The average molecular weight is 163 g/mol. The molecule has 0 saturated carbocycles. The summed E-state index contributed by atoms with van der Waals surface area (Å²) in [5.41, 5.74) is 0. The van der Waals surface area contributed by atoms with Gasteiger partial charge in [0.25, 0.3) is 0 Å². The molecule has 0 spiro atoms. The van der Waals surface area contributed by atoms with Crippen LogP contribution in [0.25, 0.3) is 0 Å². The summed E-state index contributed by atoms with van der Waals surface area (Å²) in [6.45, 7) is 1.91. The molecule has 0 aromatic heterocycles. The van der Waals surface area contributed by atoms with Gasteiger partial charge in [-0.05, 0) is 19.4 Å². The summed E-state index contributed by atoms with van der Waals surface area (Å²) in [5.74, 6) is 0. The summed E-state index contributed by atoms with van der Waals surface area (Å²) in [7, 11) is 0. The van der Waals surface area contributed by atoms with Gasteiger partial charge < -0.3 is 0 Å². The van der Waals surface area contributed by atoms with Crippen LogP contribution in [0.5, 0.6) is 0 Å². The maximum atomic E-state index is 5.97. The maximum absolute atomic E-state index is 5.97. The van der Waals surface area contributed by atoms with E-state index in [2.05, 4.69) is 0 Å². The Kier molecular flexibility index (Phi) is 1.88. The van der Waals surface area contributed by atoms with Crippen molar-refractivity contribution in [3.8, 4) is 0 Å². The summed E-state index contributed by atoms with van der Waals surface area (Å²) in [6.07, 6.45) is 6.59. The minimum atomic E-state index is -0.351. The van der Waals surface area contributed by atoms with Gasteiger partial charge >= 0.3 is 0 Å². The molecular formula is C7H8Cl2. The molecule has 0 aromatic rings. The minimum absolute atomic E-state index is 0.351. The van der Waals surface area contributed by atoms with Crippen LogP contribution in [0.1, 0.15) is 13.3 Å². The summed E-state index contributed by atoms with van der Waals surface area (Å²) >= 11 is 11.8. The van der Waals surface area contributed by atoms with Gasteiger partial charge in [-0.3, -0.25) is 0 Å². The number of alkyl halides is 1. The van der Waals surface area contributed by atoms with Crippen LogP contribution in [0.3, 0.4) is 0 Å². The van der Waals surface area contributed by atoms with Gasteiger partial charge in [-0.25, -0.2) is 0 Å². The third-order valence-electron chi connectivity index (χ3n) is 1.38. The van der Waals surface area contributed by atoms with E-state index in [9.17, 15) is 0 Å². The molecule has 50 valence electrons. The number of halogens is 2. The van der Waals surface area contributed by atoms with Crippen molar-refractivity contribution in [2.45, 2.75) is 18.2 Å². The van der Waals surface area contributed by atoms with Crippen molar-refractivity contribution in [2.75, 3.05) is 0 Å². The van der Waals surface area contributed by atoms with Crippen LogP contribution >= 0.6 is 23.2 Å². The second-order valence-electron chi connectivity index (χ2n) is 2.34. The Morgan fingerprint density at radius 3 is 2.67 bits per heavy atom. The lowest BCUT2D eigenvalue weighted by atomic mass is 10.0. The Morgan fingerprint density at radius 2 is 2.33 bits per heavy atom. The SMILES string of the molecule is CC1(Cl)CC=CC=C1Cl. The predicted molar refractivity (Wildman–Crippen MR) is 42.0 cm³/mol. The molecule has 0 radical (unpaired) electrons. The zero-order chi connectivity index (χ0) is 6.91. The van der Waals surface area contributed by atoms with Crippen LogP contribution in [-0.4, -0.2) is 4.87 Å². The van der Waals surface area contributed by atoms with Crippen LogP contribution in [0.2, 0.25) is 0 Å². The van der Waals surface area contributed by atoms with Crippen molar-refractivity contribution in [1.82, 2.24) is 0 Å². The molecule has 1 aliphatic carbocycles. The Labute approximate surface area is 65.2 Å². The monoisotopic (exact) mass is 162 g/mol. The largest absolute Gasteiger partial charge is 0.113 e. The third kappa shape index (κ3) is 1.50. The normalized spacial score (nSPS) is 34.3. The van der Waals surface area contributed by atoms with Crippen molar-refractivity contribution < 1.29 is 0 Å². The standard InChI is InChI=1S/C7H8Cl2/c1-7(9)5-3-2-4-6(7)8/h2-4H,5H2,1H3. The van der Waals surface area contributed by atoms with Crippen molar-refractivity contribution in [1.29, 1.82) is 0 Å². The molecule has 0 amide bonds. The molecule has 0 nitrogen and oxygen atoms in total. The smallest absolute Gasteiger partial charge is 0.0807 e. The zero-order valence-electron chi connectivity index (χ0n) is 5.20. The van der Waals surface area contributed by atoms with Gasteiger partial charge in [-0.2, -0.15) is 0 Å². The Bertz CT molecular complexity index is 166. The van der Waals surface area contributed by atoms with Crippen LogP contribution in [0, 0.1) is 0 Å².